The van der Waals surface area contributed by atoms with Gasteiger partial charge in [-0.1, -0.05) is 26.0 Å². The molecule has 0 spiro atoms. The SMILES string of the molecule is CCOc1ccc(NC(=O)[C@H](NC(=O)c2ccccc2F)C(C)C)cc1OC. The van der Waals surface area contributed by atoms with Crippen LogP contribution in [0.2, 0.25) is 0 Å². The molecule has 0 fully saturated rings. The Bertz CT molecular complexity index is 839. The lowest BCUT2D eigenvalue weighted by Crippen LogP contribution is -2.47. The number of halogens is 1. The van der Waals surface area contributed by atoms with E-state index in [4.69, 9.17) is 9.47 Å². The fraction of sp³-hybridized carbons (Fsp3) is 0.333. The second-order valence-corrected chi connectivity index (χ2v) is 6.46. The van der Waals surface area contributed by atoms with E-state index >= 15 is 0 Å². The molecule has 2 rings (SSSR count). The van der Waals surface area contributed by atoms with Crippen LogP contribution in [0.5, 0.6) is 11.5 Å². The number of rotatable bonds is 8. The van der Waals surface area contributed by atoms with Gasteiger partial charge in [0.05, 0.1) is 19.3 Å². The van der Waals surface area contributed by atoms with Crippen LogP contribution >= 0.6 is 0 Å². The van der Waals surface area contributed by atoms with Crippen molar-refractivity contribution < 1.29 is 23.5 Å². The second-order valence-electron chi connectivity index (χ2n) is 6.46. The van der Waals surface area contributed by atoms with Crippen molar-refractivity contribution in [1.82, 2.24) is 5.32 Å². The highest BCUT2D eigenvalue weighted by atomic mass is 19.1. The highest BCUT2D eigenvalue weighted by Crippen LogP contribution is 2.30. The van der Waals surface area contributed by atoms with Crippen LogP contribution in [0.4, 0.5) is 10.1 Å². The van der Waals surface area contributed by atoms with E-state index in [2.05, 4.69) is 10.6 Å². The zero-order valence-corrected chi connectivity index (χ0v) is 16.4. The van der Waals surface area contributed by atoms with Crippen molar-refractivity contribution in [2.45, 2.75) is 26.8 Å². The molecule has 0 saturated heterocycles. The third kappa shape index (κ3) is 5.22. The molecule has 0 bridgehead atoms. The fourth-order valence-electron chi connectivity index (χ4n) is 2.64. The number of hydrogen-bond donors (Lipinski definition) is 2. The summed E-state index contributed by atoms with van der Waals surface area (Å²) in [6.45, 7) is 5.94. The van der Waals surface area contributed by atoms with E-state index < -0.39 is 23.7 Å². The summed E-state index contributed by atoms with van der Waals surface area (Å²) in [6, 6.07) is 9.81. The molecule has 2 N–H and O–H groups in total. The predicted molar refractivity (Wildman–Crippen MR) is 105 cm³/mol. The summed E-state index contributed by atoms with van der Waals surface area (Å²) in [4.78, 5) is 25.1. The van der Waals surface area contributed by atoms with Crippen LogP contribution in [0.3, 0.4) is 0 Å². The molecular weight excluding hydrogens is 363 g/mol. The second kappa shape index (κ2) is 9.73. The molecule has 0 heterocycles. The Kier molecular flexibility index (Phi) is 7.37. The van der Waals surface area contributed by atoms with Gasteiger partial charge in [0.1, 0.15) is 11.9 Å². The summed E-state index contributed by atoms with van der Waals surface area (Å²) in [7, 11) is 1.51. The standard InChI is InChI=1S/C21H25FN2O4/c1-5-28-17-11-10-14(12-18(17)27-4)23-21(26)19(13(2)3)24-20(25)15-8-6-7-9-16(15)22/h6-13,19H,5H2,1-4H3,(H,23,26)(H,24,25)/t19-/m1/s1. The van der Waals surface area contributed by atoms with Crippen LogP contribution in [-0.2, 0) is 4.79 Å². The number of carbonyl (C=O) groups excluding carboxylic acids is 2. The Morgan fingerprint density at radius 2 is 1.82 bits per heavy atom. The molecule has 0 aromatic heterocycles. The Morgan fingerprint density at radius 1 is 1.11 bits per heavy atom. The summed E-state index contributed by atoms with van der Waals surface area (Å²) in [5.41, 5.74) is 0.389. The van der Waals surface area contributed by atoms with Crippen molar-refractivity contribution in [1.29, 1.82) is 0 Å². The first-order valence-corrected chi connectivity index (χ1v) is 9.04. The number of benzene rings is 2. The van der Waals surface area contributed by atoms with Crippen molar-refractivity contribution >= 4 is 17.5 Å². The number of ether oxygens (including phenoxy) is 2. The number of nitrogens with one attached hydrogen (secondary N) is 2. The molecular formula is C21H25FN2O4. The Hall–Kier alpha value is -3.09. The van der Waals surface area contributed by atoms with Crippen molar-refractivity contribution in [3.8, 4) is 11.5 Å². The minimum Gasteiger partial charge on any atom is -0.493 e. The van der Waals surface area contributed by atoms with Gasteiger partial charge in [-0.05, 0) is 37.1 Å². The van der Waals surface area contributed by atoms with Gasteiger partial charge in [0.2, 0.25) is 5.91 Å². The van der Waals surface area contributed by atoms with Gasteiger partial charge in [-0.3, -0.25) is 9.59 Å². The average Bonchev–Trinajstić information content (AvgIpc) is 2.67. The van der Waals surface area contributed by atoms with E-state index in [1.54, 1.807) is 38.1 Å². The van der Waals surface area contributed by atoms with Gasteiger partial charge in [0.25, 0.3) is 5.91 Å². The van der Waals surface area contributed by atoms with Gasteiger partial charge in [0, 0.05) is 11.8 Å². The average molecular weight is 388 g/mol. The van der Waals surface area contributed by atoms with Crippen LogP contribution in [0.25, 0.3) is 0 Å². The fourth-order valence-corrected chi connectivity index (χ4v) is 2.64. The Labute approximate surface area is 164 Å². The molecule has 0 aliphatic carbocycles. The van der Waals surface area contributed by atoms with Crippen molar-refractivity contribution in [3.05, 3.63) is 53.8 Å². The van der Waals surface area contributed by atoms with Crippen LogP contribution in [0.15, 0.2) is 42.5 Å². The molecule has 0 unspecified atom stereocenters. The highest BCUT2D eigenvalue weighted by Gasteiger charge is 2.26. The topological polar surface area (TPSA) is 76.7 Å². The van der Waals surface area contributed by atoms with Gasteiger partial charge < -0.3 is 20.1 Å². The molecule has 0 aliphatic heterocycles. The number of amides is 2. The summed E-state index contributed by atoms with van der Waals surface area (Å²) in [5.74, 6) is -0.853. The third-order valence-electron chi connectivity index (χ3n) is 4.09. The van der Waals surface area contributed by atoms with E-state index in [1.807, 2.05) is 6.92 Å². The molecule has 2 aromatic carbocycles. The van der Waals surface area contributed by atoms with Gasteiger partial charge in [-0.25, -0.2) is 4.39 Å². The number of hydrogen-bond acceptors (Lipinski definition) is 4. The van der Waals surface area contributed by atoms with Crippen LogP contribution in [0.1, 0.15) is 31.1 Å². The highest BCUT2D eigenvalue weighted by molar-refractivity contribution is 6.01. The number of methoxy groups -OCH3 is 1. The monoisotopic (exact) mass is 388 g/mol. The molecule has 1 atom stereocenters. The molecule has 28 heavy (non-hydrogen) atoms. The van der Waals surface area contributed by atoms with E-state index in [0.29, 0.717) is 23.8 Å². The summed E-state index contributed by atoms with van der Waals surface area (Å²) < 4.78 is 24.6. The molecule has 0 saturated carbocycles. The molecule has 150 valence electrons. The smallest absolute Gasteiger partial charge is 0.254 e. The number of anilines is 1. The minimum absolute atomic E-state index is 0.108. The van der Waals surface area contributed by atoms with E-state index in [1.165, 1.54) is 25.3 Å². The van der Waals surface area contributed by atoms with Crippen LogP contribution < -0.4 is 20.1 Å². The lowest BCUT2D eigenvalue weighted by atomic mass is 10.0. The zero-order chi connectivity index (χ0) is 20.7. The maximum Gasteiger partial charge on any atom is 0.254 e. The lowest BCUT2D eigenvalue weighted by molar-refractivity contribution is -0.118. The zero-order valence-electron chi connectivity index (χ0n) is 16.4. The third-order valence-corrected chi connectivity index (χ3v) is 4.09. The molecule has 0 radical (unpaired) electrons. The molecule has 7 heteroatoms. The minimum atomic E-state index is -0.843. The van der Waals surface area contributed by atoms with E-state index in [9.17, 15) is 14.0 Å². The Morgan fingerprint density at radius 3 is 2.43 bits per heavy atom. The van der Waals surface area contributed by atoms with Gasteiger partial charge in [-0.15, -0.1) is 0 Å². The predicted octanol–water partition coefficient (Wildman–Crippen LogP) is 3.63. The van der Waals surface area contributed by atoms with Crippen molar-refractivity contribution in [2.24, 2.45) is 5.92 Å². The maximum absolute atomic E-state index is 13.8. The molecule has 2 amide bonds. The first-order valence-electron chi connectivity index (χ1n) is 9.04. The van der Waals surface area contributed by atoms with Gasteiger partial charge in [0.15, 0.2) is 11.5 Å². The van der Waals surface area contributed by atoms with Crippen LogP contribution in [0, 0.1) is 11.7 Å². The van der Waals surface area contributed by atoms with Gasteiger partial charge >= 0.3 is 0 Å². The quantitative estimate of drug-likeness (QED) is 0.724. The first kappa shape index (κ1) is 21.2. The molecule has 6 nitrogen and oxygen atoms in total. The summed E-state index contributed by atoms with van der Waals surface area (Å²) >= 11 is 0. The molecule has 0 aliphatic rings. The first-order chi connectivity index (χ1) is 13.4. The number of carbonyl (C=O) groups is 2. The van der Waals surface area contributed by atoms with E-state index in [-0.39, 0.29) is 11.5 Å². The maximum atomic E-state index is 13.8. The van der Waals surface area contributed by atoms with Crippen LogP contribution in [-0.4, -0.2) is 31.6 Å². The normalized spacial score (nSPS) is 11.6. The van der Waals surface area contributed by atoms with Crippen molar-refractivity contribution in [3.63, 3.8) is 0 Å². The lowest BCUT2D eigenvalue weighted by Gasteiger charge is -2.22. The van der Waals surface area contributed by atoms with Gasteiger partial charge in [-0.2, -0.15) is 0 Å². The summed E-state index contributed by atoms with van der Waals surface area (Å²) in [5, 5.41) is 5.36. The molecule has 2 aromatic rings. The Balaban J connectivity index is 2.15. The van der Waals surface area contributed by atoms with E-state index in [0.717, 1.165) is 0 Å². The van der Waals surface area contributed by atoms with Crippen molar-refractivity contribution in [2.75, 3.05) is 19.0 Å². The largest absolute Gasteiger partial charge is 0.493 e. The summed E-state index contributed by atoms with van der Waals surface area (Å²) in [6.07, 6.45) is 0.